The minimum Gasteiger partial charge on any atom is -0.490 e. The zero-order valence-corrected chi connectivity index (χ0v) is 18.2. The van der Waals surface area contributed by atoms with Crippen molar-refractivity contribution in [3.63, 3.8) is 0 Å². The van der Waals surface area contributed by atoms with Crippen LogP contribution in [0.3, 0.4) is 0 Å². The summed E-state index contributed by atoms with van der Waals surface area (Å²) in [6.45, 7) is 4.60. The Kier molecular flexibility index (Phi) is 7.05. The lowest BCUT2D eigenvalue weighted by molar-refractivity contribution is 0.271. The van der Waals surface area contributed by atoms with Gasteiger partial charge in [0.15, 0.2) is 11.6 Å². The van der Waals surface area contributed by atoms with Crippen LogP contribution in [0.1, 0.15) is 30.8 Å². The predicted molar refractivity (Wildman–Crippen MR) is 116 cm³/mol. The third kappa shape index (κ3) is 5.65. The standard InChI is InChI=1S/C20H19Cl2FN4OS/c1-12(2)11-28-19-16(21)7-14(8-17(19)22)10-24-27-18(25-26-20(27)29)9-13-3-5-15(23)6-4-13/h3-8,10,12H,9,11H2,1-2H3,(H,26,29)/b24-10-. The Morgan fingerprint density at radius 1 is 1.24 bits per heavy atom. The van der Waals surface area contributed by atoms with Crippen molar-refractivity contribution in [2.24, 2.45) is 11.0 Å². The lowest BCUT2D eigenvalue weighted by Gasteiger charge is -2.12. The number of benzene rings is 2. The summed E-state index contributed by atoms with van der Waals surface area (Å²) in [4.78, 5) is 0. The summed E-state index contributed by atoms with van der Waals surface area (Å²) in [5.74, 6) is 1.11. The Balaban J connectivity index is 1.82. The molecule has 0 fully saturated rings. The van der Waals surface area contributed by atoms with Gasteiger partial charge >= 0.3 is 0 Å². The van der Waals surface area contributed by atoms with Crippen molar-refractivity contribution in [1.29, 1.82) is 0 Å². The molecule has 9 heteroatoms. The molecule has 0 aliphatic rings. The van der Waals surface area contributed by atoms with Crippen LogP contribution < -0.4 is 4.74 Å². The van der Waals surface area contributed by atoms with Crippen LogP contribution in [0.15, 0.2) is 41.5 Å². The van der Waals surface area contributed by atoms with Gasteiger partial charge in [-0.3, -0.25) is 5.10 Å². The summed E-state index contributed by atoms with van der Waals surface area (Å²) < 4.78 is 20.6. The molecule has 1 aromatic heterocycles. The number of nitrogens with zero attached hydrogens (tertiary/aromatic N) is 3. The summed E-state index contributed by atoms with van der Waals surface area (Å²) in [6, 6.07) is 9.62. The molecule has 0 radical (unpaired) electrons. The van der Waals surface area contributed by atoms with Crippen molar-refractivity contribution in [3.8, 4) is 5.75 Å². The van der Waals surface area contributed by atoms with Gasteiger partial charge in [-0.15, -0.1) is 0 Å². The zero-order chi connectivity index (χ0) is 21.0. The van der Waals surface area contributed by atoms with E-state index in [1.807, 2.05) is 13.8 Å². The first kappa shape index (κ1) is 21.5. The van der Waals surface area contributed by atoms with E-state index in [4.69, 9.17) is 40.2 Å². The fourth-order valence-electron chi connectivity index (χ4n) is 2.51. The average Bonchev–Trinajstić information content (AvgIpc) is 3.00. The van der Waals surface area contributed by atoms with Crippen molar-refractivity contribution in [2.75, 3.05) is 6.61 Å². The first-order valence-electron chi connectivity index (χ1n) is 8.90. The normalized spacial score (nSPS) is 11.5. The molecule has 0 bridgehead atoms. The Morgan fingerprint density at radius 3 is 2.52 bits per heavy atom. The fourth-order valence-corrected chi connectivity index (χ4v) is 3.32. The Hall–Kier alpha value is -2.22. The van der Waals surface area contributed by atoms with Gasteiger partial charge in [-0.05, 0) is 53.5 Å². The van der Waals surface area contributed by atoms with Crippen LogP contribution in [-0.2, 0) is 6.42 Å². The molecule has 1 heterocycles. The van der Waals surface area contributed by atoms with Gasteiger partial charge in [0, 0.05) is 6.42 Å². The molecule has 0 amide bonds. The molecule has 3 rings (SSSR count). The maximum absolute atomic E-state index is 13.1. The van der Waals surface area contributed by atoms with Crippen molar-refractivity contribution < 1.29 is 9.13 Å². The summed E-state index contributed by atoms with van der Waals surface area (Å²) in [5.41, 5.74) is 1.57. The van der Waals surface area contributed by atoms with Crippen molar-refractivity contribution >= 4 is 41.6 Å². The number of rotatable bonds is 7. The van der Waals surface area contributed by atoms with E-state index in [1.54, 1.807) is 30.5 Å². The van der Waals surface area contributed by atoms with Gasteiger partial charge in [0.05, 0.1) is 22.9 Å². The molecule has 0 atom stereocenters. The van der Waals surface area contributed by atoms with Crippen LogP contribution in [0.25, 0.3) is 0 Å². The quantitative estimate of drug-likeness (QED) is 0.358. The smallest absolute Gasteiger partial charge is 0.216 e. The molecule has 1 N–H and O–H groups in total. The minimum atomic E-state index is -0.291. The molecular formula is C20H19Cl2FN4OS. The zero-order valence-electron chi connectivity index (χ0n) is 15.8. The number of H-pyrrole nitrogens is 1. The van der Waals surface area contributed by atoms with Crippen molar-refractivity contribution in [1.82, 2.24) is 14.9 Å². The van der Waals surface area contributed by atoms with E-state index < -0.39 is 0 Å². The molecular weight excluding hydrogens is 434 g/mol. The molecule has 0 unspecified atom stereocenters. The molecule has 0 saturated carbocycles. The van der Waals surface area contributed by atoms with Crippen LogP contribution in [-0.4, -0.2) is 27.7 Å². The number of hydrogen-bond acceptors (Lipinski definition) is 4. The van der Waals surface area contributed by atoms with Crippen LogP contribution >= 0.6 is 35.4 Å². The van der Waals surface area contributed by atoms with E-state index in [2.05, 4.69) is 15.3 Å². The molecule has 152 valence electrons. The third-order valence-corrected chi connectivity index (χ3v) is 4.72. The van der Waals surface area contributed by atoms with Gasteiger partial charge in [-0.2, -0.15) is 14.9 Å². The third-order valence-electron chi connectivity index (χ3n) is 3.90. The van der Waals surface area contributed by atoms with Gasteiger partial charge in [-0.1, -0.05) is 49.2 Å². The number of aromatic nitrogens is 3. The highest BCUT2D eigenvalue weighted by atomic mass is 35.5. The molecule has 5 nitrogen and oxygen atoms in total. The topological polar surface area (TPSA) is 55.2 Å². The van der Waals surface area contributed by atoms with Crippen LogP contribution in [0.2, 0.25) is 10.0 Å². The summed E-state index contributed by atoms with van der Waals surface area (Å²) >= 11 is 17.9. The van der Waals surface area contributed by atoms with E-state index in [-0.39, 0.29) is 5.82 Å². The molecule has 29 heavy (non-hydrogen) atoms. The monoisotopic (exact) mass is 452 g/mol. The fraction of sp³-hybridized carbons (Fsp3) is 0.250. The second kappa shape index (κ2) is 9.52. The van der Waals surface area contributed by atoms with Gasteiger partial charge in [0.2, 0.25) is 4.77 Å². The number of aromatic amines is 1. The molecule has 2 aromatic carbocycles. The Labute approximate surface area is 183 Å². The van der Waals surface area contributed by atoms with E-state index >= 15 is 0 Å². The number of nitrogens with one attached hydrogen (secondary N) is 1. The summed E-state index contributed by atoms with van der Waals surface area (Å²) in [5, 5.41) is 12.1. The average molecular weight is 453 g/mol. The summed E-state index contributed by atoms with van der Waals surface area (Å²) in [7, 11) is 0. The SMILES string of the molecule is CC(C)COc1c(Cl)cc(/C=N\n2c(Cc3ccc(F)cc3)n[nH]c2=S)cc1Cl. The first-order chi connectivity index (χ1) is 13.8. The maximum atomic E-state index is 13.1. The highest BCUT2D eigenvalue weighted by Gasteiger charge is 2.11. The van der Waals surface area contributed by atoms with Crippen molar-refractivity contribution in [2.45, 2.75) is 20.3 Å². The lowest BCUT2D eigenvalue weighted by atomic mass is 10.1. The van der Waals surface area contributed by atoms with Crippen molar-refractivity contribution in [3.05, 3.63) is 74.0 Å². The highest BCUT2D eigenvalue weighted by Crippen LogP contribution is 2.34. The predicted octanol–water partition coefficient (Wildman–Crippen LogP) is 5.89. The number of ether oxygens (including phenoxy) is 1. The van der Waals surface area contributed by atoms with E-state index in [9.17, 15) is 4.39 Å². The maximum Gasteiger partial charge on any atom is 0.216 e. The number of halogens is 3. The molecule has 0 spiro atoms. The largest absolute Gasteiger partial charge is 0.490 e. The highest BCUT2D eigenvalue weighted by molar-refractivity contribution is 7.71. The number of hydrogen-bond donors (Lipinski definition) is 1. The van der Waals surface area contributed by atoms with E-state index in [0.29, 0.717) is 50.9 Å². The molecule has 3 aromatic rings. The Bertz CT molecular complexity index is 1050. The minimum absolute atomic E-state index is 0.291. The van der Waals surface area contributed by atoms with Gasteiger partial charge in [-0.25, -0.2) is 4.39 Å². The Morgan fingerprint density at radius 2 is 1.90 bits per heavy atom. The van der Waals surface area contributed by atoms with Gasteiger partial charge < -0.3 is 4.74 Å². The van der Waals surface area contributed by atoms with E-state index in [0.717, 1.165) is 5.56 Å². The summed E-state index contributed by atoms with van der Waals surface area (Å²) in [6.07, 6.45) is 2.03. The first-order valence-corrected chi connectivity index (χ1v) is 10.1. The molecule has 0 aliphatic heterocycles. The second-order valence-electron chi connectivity index (χ2n) is 6.82. The molecule has 0 aliphatic carbocycles. The lowest BCUT2D eigenvalue weighted by Crippen LogP contribution is -2.05. The van der Waals surface area contributed by atoms with Crippen LogP contribution in [0, 0.1) is 16.5 Å². The van der Waals surface area contributed by atoms with Crippen LogP contribution in [0.5, 0.6) is 5.75 Å². The van der Waals surface area contributed by atoms with Crippen LogP contribution in [0.4, 0.5) is 4.39 Å². The second-order valence-corrected chi connectivity index (χ2v) is 8.02. The molecule has 0 saturated heterocycles. The van der Waals surface area contributed by atoms with Gasteiger partial charge in [0.1, 0.15) is 5.82 Å². The van der Waals surface area contributed by atoms with Gasteiger partial charge in [0.25, 0.3) is 0 Å². The van der Waals surface area contributed by atoms with E-state index in [1.165, 1.54) is 16.8 Å².